The summed E-state index contributed by atoms with van der Waals surface area (Å²) in [5, 5.41) is 2.59. The minimum Gasteiger partial charge on any atom is -0.408 e. The van der Waals surface area contributed by atoms with Crippen molar-refractivity contribution in [3.63, 3.8) is 0 Å². The fraction of sp³-hybridized carbons (Fsp3) is 0.211. The lowest BCUT2D eigenvalue weighted by Crippen LogP contribution is -2.35. The number of para-hydroxylation sites is 2. The van der Waals surface area contributed by atoms with E-state index in [9.17, 15) is 18.8 Å². The SMILES string of the molecule is CN(CC(=O)Nc1ccc(F)cc1)C(=O)CCn1c(=O)oc2ccccc21. The minimum atomic E-state index is -0.527. The van der Waals surface area contributed by atoms with Gasteiger partial charge in [-0.25, -0.2) is 9.18 Å². The second-order valence-electron chi connectivity index (χ2n) is 6.04. The Morgan fingerprint density at radius 2 is 1.85 bits per heavy atom. The Labute approximate surface area is 154 Å². The summed E-state index contributed by atoms with van der Waals surface area (Å²) in [6.07, 6.45) is 0.0454. The number of fused-ring (bicyclic) bond motifs is 1. The zero-order chi connectivity index (χ0) is 19.4. The van der Waals surface area contributed by atoms with Crippen molar-refractivity contribution >= 4 is 28.6 Å². The summed E-state index contributed by atoms with van der Waals surface area (Å²) in [5.41, 5.74) is 1.52. The van der Waals surface area contributed by atoms with E-state index in [2.05, 4.69) is 5.32 Å². The number of hydrogen-bond acceptors (Lipinski definition) is 4. The first-order valence-corrected chi connectivity index (χ1v) is 8.32. The first-order valence-electron chi connectivity index (χ1n) is 8.32. The minimum absolute atomic E-state index is 0.0454. The van der Waals surface area contributed by atoms with Gasteiger partial charge in [-0.3, -0.25) is 14.2 Å². The number of nitrogens with zero attached hydrogens (tertiary/aromatic N) is 2. The molecule has 0 bridgehead atoms. The van der Waals surface area contributed by atoms with Crippen LogP contribution in [0, 0.1) is 5.82 Å². The van der Waals surface area contributed by atoms with Gasteiger partial charge in [0.05, 0.1) is 12.1 Å². The maximum Gasteiger partial charge on any atom is 0.419 e. The highest BCUT2D eigenvalue weighted by molar-refractivity contribution is 5.94. The third-order valence-corrected chi connectivity index (χ3v) is 4.06. The van der Waals surface area contributed by atoms with Crippen LogP contribution < -0.4 is 11.1 Å². The predicted octanol–water partition coefficient (Wildman–Crippen LogP) is 2.22. The molecular formula is C19H18FN3O4. The summed E-state index contributed by atoms with van der Waals surface area (Å²) in [6.45, 7) is -0.00412. The number of likely N-dealkylation sites (N-methyl/N-ethyl adjacent to an activating group) is 1. The molecule has 7 nitrogen and oxygen atoms in total. The molecule has 0 spiro atoms. The quantitative estimate of drug-likeness (QED) is 0.720. The van der Waals surface area contributed by atoms with Crippen LogP contribution in [0.1, 0.15) is 6.42 Å². The monoisotopic (exact) mass is 371 g/mol. The van der Waals surface area contributed by atoms with Gasteiger partial charge in [0.15, 0.2) is 5.58 Å². The van der Waals surface area contributed by atoms with Gasteiger partial charge in [0.2, 0.25) is 11.8 Å². The lowest BCUT2D eigenvalue weighted by atomic mass is 10.3. The van der Waals surface area contributed by atoms with Gasteiger partial charge in [0, 0.05) is 25.7 Å². The van der Waals surface area contributed by atoms with Crippen LogP contribution in [0.3, 0.4) is 0 Å². The second-order valence-corrected chi connectivity index (χ2v) is 6.04. The Morgan fingerprint density at radius 3 is 2.59 bits per heavy atom. The molecule has 1 aromatic heterocycles. The van der Waals surface area contributed by atoms with Gasteiger partial charge in [0.1, 0.15) is 5.82 Å². The average Bonchev–Trinajstić information content (AvgIpc) is 2.96. The summed E-state index contributed by atoms with van der Waals surface area (Å²) in [7, 11) is 1.50. The summed E-state index contributed by atoms with van der Waals surface area (Å²) >= 11 is 0. The fourth-order valence-corrected chi connectivity index (χ4v) is 2.66. The van der Waals surface area contributed by atoms with E-state index < -0.39 is 17.5 Å². The standard InChI is InChI=1S/C19H18FN3O4/c1-22(12-17(24)21-14-8-6-13(20)7-9-14)18(25)10-11-23-15-4-2-3-5-16(15)27-19(23)26/h2-9H,10-12H2,1H3,(H,21,24). The van der Waals surface area contributed by atoms with Crippen LogP contribution >= 0.6 is 0 Å². The molecule has 0 atom stereocenters. The third-order valence-electron chi connectivity index (χ3n) is 4.06. The number of carbonyl (C=O) groups is 2. The van der Waals surface area contributed by atoms with Crippen LogP contribution in [0.25, 0.3) is 11.1 Å². The normalized spacial score (nSPS) is 10.7. The van der Waals surface area contributed by atoms with Crippen molar-refractivity contribution < 1.29 is 18.4 Å². The maximum absolute atomic E-state index is 12.9. The molecular weight excluding hydrogens is 353 g/mol. The van der Waals surface area contributed by atoms with Crippen LogP contribution in [-0.2, 0) is 16.1 Å². The molecule has 0 saturated carbocycles. The van der Waals surface area contributed by atoms with Crippen LogP contribution in [0.4, 0.5) is 10.1 Å². The van der Waals surface area contributed by atoms with Gasteiger partial charge in [-0.1, -0.05) is 12.1 Å². The number of halogens is 1. The molecule has 0 aliphatic heterocycles. The molecule has 0 aliphatic carbocycles. The van der Waals surface area contributed by atoms with E-state index in [1.807, 2.05) is 0 Å². The molecule has 1 N–H and O–H groups in total. The van der Waals surface area contributed by atoms with Crippen LogP contribution in [-0.4, -0.2) is 34.9 Å². The molecule has 0 fully saturated rings. The van der Waals surface area contributed by atoms with Gasteiger partial charge >= 0.3 is 5.76 Å². The number of oxazole rings is 1. The fourth-order valence-electron chi connectivity index (χ4n) is 2.66. The lowest BCUT2D eigenvalue weighted by molar-refractivity contribution is -0.133. The van der Waals surface area contributed by atoms with Crippen molar-refractivity contribution in [3.8, 4) is 0 Å². The zero-order valence-electron chi connectivity index (χ0n) is 14.6. The molecule has 0 radical (unpaired) electrons. The van der Waals surface area contributed by atoms with Gasteiger partial charge in [-0.2, -0.15) is 0 Å². The van der Waals surface area contributed by atoms with E-state index in [1.54, 1.807) is 24.3 Å². The number of anilines is 1. The third kappa shape index (κ3) is 4.41. The highest BCUT2D eigenvalue weighted by atomic mass is 19.1. The summed E-state index contributed by atoms with van der Waals surface area (Å²) in [5.74, 6) is -1.62. The Kier molecular flexibility index (Phi) is 5.35. The highest BCUT2D eigenvalue weighted by Gasteiger charge is 2.15. The largest absolute Gasteiger partial charge is 0.419 e. The van der Waals surface area contributed by atoms with Crippen LogP contribution in [0.5, 0.6) is 0 Å². The second kappa shape index (κ2) is 7.86. The summed E-state index contributed by atoms with van der Waals surface area (Å²) in [6, 6.07) is 12.3. The van der Waals surface area contributed by atoms with Crippen molar-refractivity contribution in [1.82, 2.24) is 9.47 Å². The molecule has 3 rings (SSSR count). The van der Waals surface area contributed by atoms with Gasteiger partial charge < -0.3 is 14.6 Å². The number of amides is 2. The molecule has 27 heavy (non-hydrogen) atoms. The molecule has 2 amide bonds. The molecule has 8 heteroatoms. The van der Waals surface area contributed by atoms with Crippen molar-refractivity contribution in [2.75, 3.05) is 18.9 Å². The number of aryl methyl sites for hydroxylation is 1. The van der Waals surface area contributed by atoms with Crippen molar-refractivity contribution in [3.05, 3.63) is 64.9 Å². The lowest BCUT2D eigenvalue weighted by Gasteiger charge is -2.17. The molecule has 3 aromatic rings. The smallest absolute Gasteiger partial charge is 0.408 e. The molecule has 0 unspecified atom stereocenters. The first kappa shape index (κ1) is 18.4. The zero-order valence-corrected chi connectivity index (χ0v) is 14.6. The van der Waals surface area contributed by atoms with Crippen molar-refractivity contribution in [2.24, 2.45) is 0 Å². The van der Waals surface area contributed by atoms with Gasteiger partial charge in [-0.05, 0) is 36.4 Å². The molecule has 0 aliphatic rings. The van der Waals surface area contributed by atoms with Crippen LogP contribution in [0.15, 0.2) is 57.7 Å². The van der Waals surface area contributed by atoms with E-state index in [0.29, 0.717) is 16.8 Å². The van der Waals surface area contributed by atoms with E-state index in [4.69, 9.17) is 4.42 Å². The van der Waals surface area contributed by atoms with Gasteiger partial charge in [0.25, 0.3) is 0 Å². The Balaban J connectivity index is 1.55. The summed E-state index contributed by atoms with van der Waals surface area (Å²) in [4.78, 5) is 37.5. The number of carbonyl (C=O) groups excluding carboxylic acids is 2. The Bertz CT molecular complexity index is 1020. The number of rotatable bonds is 6. The first-order chi connectivity index (χ1) is 12.9. The number of benzene rings is 2. The number of hydrogen-bond donors (Lipinski definition) is 1. The van der Waals surface area contributed by atoms with Gasteiger partial charge in [-0.15, -0.1) is 0 Å². The van der Waals surface area contributed by atoms with Crippen molar-refractivity contribution in [1.29, 1.82) is 0 Å². The number of aromatic nitrogens is 1. The summed E-state index contributed by atoms with van der Waals surface area (Å²) < 4.78 is 19.4. The van der Waals surface area contributed by atoms with E-state index in [-0.39, 0.29) is 25.4 Å². The number of nitrogens with one attached hydrogen (secondary N) is 1. The molecule has 2 aromatic carbocycles. The van der Waals surface area contributed by atoms with E-state index >= 15 is 0 Å². The van der Waals surface area contributed by atoms with E-state index in [1.165, 1.54) is 40.8 Å². The predicted molar refractivity (Wildman–Crippen MR) is 97.8 cm³/mol. The van der Waals surface area contributed by atoms with Crippen molar-refractivity contribution in [2.45, 2.75) is 13.0 Å². The molecule has 140 valence electrons. The molecule has 1 heterocycles. The topological polar surface area (TPSA) is 84.5 Å². The Hall–Kier alpha value is -3.42. The molecule has 0 saturated heterocycles. The highest BCUT2D eigenvalue weighted by Crippen LogP contribution is 2.12. The Morgan fingerprint density at radius 1 is 1.15 bits per heavy atom. The van der Waals surface area contributed by atoms with Crippen LogP contribution in [0.2, 0.25) is 0 Å². The maximum atomic E-state index is 12.9. The average molecular weight is 371 g/mol. The van der Waals surface area contributed by atoms with E-state index in [0.717, 1.165) is 0 Å².